The maximum Gasteiger partial charge on any atom is 0.252 e. The maximum absolute atomic E-state index is 11.9. The Labute approximate surface area is 151 Å². The first kappa shape index (κ1) is 17.9. The Bertz CT molecular complexity index is 740. The van der Waals surface area contributed by atoms with Gasteiger partial charge in [0, 0.05) is 50.9 Å². The smallest absolute Gasteiger partial charge is 0.252 e. The van der Waals surface area contributed by atoms with Gasteiger partial charge >= 0.3 is 0 Å². The molecule has 0 radical (unpaired) electrons. The SMILES string of the molecule is C[C@H](Cn1cc(Cl)cn1)c1cc(=O)[nH]c(NCCN2CCOCC2)n1. The molecule has 0 bridgehead atoms. The van der Waals surface area contributed by atoms with Gasteiger partial charge < -0.3 is 10.1 Å². The fourth-order valence-electron chi connectivity index (χ4n) is 2.78. The number of aromatic amines is 1. The zero-order valence-corrected chi connectivity index (χ0v) is 15.0. The van der Waals surface area contributed by atoms with E-state index in [-0.39, 0.29) is 11.5 Å². The van der Waals surface area contributed by atoms with Crippen molar-refractivity contribution in [2.75, 3.05) is 44.7 Å². The normalized spacial score (nSPS) is 16.7. The van der Waals surface area contributed by atoms with E-state index in [0.29, 0.717) is 17.5 Å². The van der Waals surface area contributed by atoms with E-state index < -0.39 is 0 Å². The fourth-order valence-corrected chi connectivity index (χ4v) is 2.94. The molecule has 0 aromatic carbocycles. The highest BCUT2D eigenvalue weighted by atomic mass is 35.5. The lowest BCUT2D eigenvalue weighted by atomic mass is 10.1. The van der Waals surface area contributed by atoms with Crippen LogP contribution in [0.4, 0.5) is 5.95 Å². The standard InChI is InChI=1S/C16H23ClN6O2/c1-12(10-23-11-13(17)9-19-23)14-8-15(24)21-16(20-14)18-2-3-22-4-6-25-7-5-22/h8-9,11-12H,2-7,10H2,1H3,(H2,18,20,21,24)/t12-/m1/s1. The number of halogens is 1. The van der Waals surface area contributed by atoms with Gasteiger partial charge in [-0.15, -0.1) is 0 Å². The van der Waals surface area contributed by atoms with Crippen LogP contribution in [0.5, 0.6) is 0 Å². The lowest BCUT2D eigenvalue weighted by molar-refractivity contribution is 0.0398. The average Bonchev–Trinajstić information content (AvgIpc) is 3.00. The van der Waals surface area contributed by atoms with Crippen molar-refractivity contribution in [1.29, 1.82) is 0 Å². The molecule has 2 N–H and O–H groups in total. The molecule has 1 aliphatic heterocycles. The molecule has 8 nitrogen and oxygen atoms in total. The number of morpholine rings is 1. The van der Waals surface area contributed by atoms with Gasteiger partial charge in [-0.05, 0) is 0 Å². The molecule has 1 aliphatic rings. The molecule has 2 aromatic rings. The number of H-pyrrole nitrogens is 1. The van der Waals surface area contributed by atoms with Crippen molar-refractivity contribution in [2.45, 2.75) is 19.4 Å². The van der Waals surface area contributed by atoms with Crippen molar-refractivity contribution in [1.82, 2.24) is 24.6 Å². The van der Waals surface area contributed by atoms with E-state index in [9.17, 15) is 4.79 Å². The quantitative estimate of drug-likeness (QED) is 0.764. The van der Waals surface area contributed by atoms with Crippen LogP contribution in [-0.4, -0.2) is 64.0 Å². The van der Waals surface area contributed by atoms with E-state index in [1.165, 1.54) is 6.07 Å². The Morgan fingerprint density at radius 3 is 2.96 bits per heavy atom. The third kappa shape index (κ3) is 5.29. The lowest BCUT2D eigenvalue weighted by Crippen LogP contribution is -2.39. The predicted molar refractivity (Wildman–Crippen MR) is 96.3 cm³/mol. The summed E-state index contributed by atoms with van der Waals surface area (Å²) in [6.45, 7) is 7.66. The van der Waals surface area contributed by atoms with E-state index in [1.807, 2.05) is 6.92 Å². The molecular formula is C16H23ClN6O2. The van der Waals surface area contributed by atoms with Gasteiger partial charge in [-0.3, -0.25) is 19.4 Å². The van der Waals surface area contributed by atoms with Crippen LogP contribution in [0.2, 0.25) is 5.02 Å². The van der Waals surface area contributed by atoms with E-state index in [0.717, 1.165) is 45.1 Å². The number of hydrogen-bond donors (Lipinski definition) is 2. The Morgan fingerprint density at radius 2 is 2.24 bits per heavy atom. The van der Waals surface area contributed by atoms with Crippen molar-refractivity contribution >= 4 is 17.5 Å². The van der Waals surface area contributed by atoms with Crippen LogP contribution in [0, 0.1) is 0 Å². The first-order valence-corrected chi connectivity index (χ1v) is 8.81. The van der Waals surface area contributed by atoms with E-state index in [4.69, 9.17) is 16.3 Å². The molecule has 1 saturated heterocycles. The molecule has 3 rings (SSSR count). The summed E-state index contributed by atoms with van der Waals surface area (Å²) in [7, 11) is 0. The maximum atomic E-state index is 11.9. The molecular weight excluding hydrogens is 344 g/mol. The second kappa shape index (κ2) is 8.46. The minimum Gasteiger partial charge on any atom is -0.379 e. The fraction of sp³-hybridized carbons (Fsp3) is 0.562. The van der Waals surface area contributed by atoms with Crippen molar-refractivity contribution in [3.05, 3.63) is 39.5 Å². The van der Waals surface area contributed by atoms with Crippen LogP contribution < -0.4 is 10.9 Å². The highest BCUT2D eigenvalue weighted by Crippen LogP contribution is 2.15. The Kier molecular flexibility index (Phi) is 6.06. The molecule has 0 amide bonds. The van der Waals surface area contributed by atoms with Gasteiger partial charge in [0.2, 0.25) is 5.95 Å². The molecule has 2 aromatic heterocycles. The monoisotopic (exact) mass is 366 g/mol. The van der Waals surface area contributed by atoms with E-state index in [1.54, 1.807) is 17.1 Å². The van der Waals surface area contributed by atoms with Crippen molar-refractivity contribution in [2.24, 2.45) is 0 Å². The third-order valence-corrected chi connectivity index (χ3v) is 4.35. The Hall–Kier alpha value is -1.90. The van der Waals surface area contributed by atoms with Crippen LogP contribution in [0.1, 0.15) is 18.5 Å². The molecule has 1 fully saturated rings. The summed E-state index contributed by atoms with van der Waals surface area (Å²) >= 11 is 5.89. The number of aromatic nitrogens is 4. The van der Waals surface area contributed by atoms with E-state index in [2.05, 4.69) is 25.3 Å². The molecule has 3 heterocycles. The zero-order chi connectivity index (χ0) is 17.6. The van der Waals surface area contributed by atoms with Crippen LogP contribution >= 0.6 is 11.6 Å². The van der Waals surface area contributed by atoms with Gasteiger partial charge in [0.05, 0.1) is 30.1 Å². The number of anilines is 1. The minimum absolute atomic E-state index is 0.0399. The number of nitrogens with zero attached hydrogens (tertiary/aromatic N) is 4. The molecule has 9 heteroatoms. The lowest BCUT2D eigenvalue weighted by Gasteiger charge is -2.26. The second-order valence-electron chi connectivity index (χ2n) is 6.18. The van der Waals surface area contributed by atoms with Gasteiger partial charge in [-0.1, -0.05) is 18.5 Å². The summed E-state index contributed by atoms with van der Waals surface area (Å²) in [6.07, 6.45) is 3.35. The summed E-state index contributed by atoms with van der Waals surface area (Å²) in [5, 5.41) is 7.96. The summed E-state index contributed by atoms with van der Waals surface area (Å²) < 4.78 is 7.09. The highest BCUT2D eigenvalue weighted by Gasteiger charge is 2.13. The summed E-state index contributed by atoms with van der Waals surface area (Å²) in [4.78, 5) is 21.5. The largest absolute Gasteiger partial charge is 0.379 e. The van der Waals surface area contributed by atoms with Gasteiger partial charge in [-0.25, -0.2) is 4.98 Å². The Morgan fingerprint density at radius 1 is 1.44 bits per heavy atom. The summed E-state index contributed by atoms with van der Waals surface area (Å²) in [5.74, 6) is 0.541. The van der Waals surface area contributed by atoms with Crippen LogP contribution in [0.25, 0.3) is 0 Å². The van der Waals surface area contributed by atoms with Gasteiger partial charge in [0.1, 0.15) is 0 Å². The van der Waals surface area contributed by atoms with Crippen LogP contribution in [-0.2, 0) is 11.3 Å². The highest BCUT2D eigenvalue weighted by molar-refractivity contribution is 6.30. The number of hydrogen-bond acceptors (Lipinski definition) is 6. The second-order valence-corrected chi connectivity index (χ2v) is 6.62. The first-order valence-electron chi connectivity index (χ1n) is 8.43. The molecule has 136 valence electrons. The number of rotatable bonds is 7. The first-order chi connectivity index (χ1) is 12.1. The molecule has 0 aliphatic carbocycles. The molecule has 0 saturated carbocycles. The molecule has 0 spiro atoms. The van der Waals surface area contributed by atoms with Crippen LogP contribution in [0.15, 0.2) is 23.3 Å². The van der Waals surface area contributed by atoms with Gasteiger partial charge in [-0.2, -0.15) is 5.10 Å². The molecule has 0 unspecified atom stereocenters. The number of ether oxygens (including phenoxy) is 1. The summed E-state index contributed by atoms with van der Waals surface area (Å²) in [6, 6.07) is 1.53. The minimum atomic E-state index is -0.163. The third-order valence-electron chi connectivity index (χ3n) is 4.15. The van der Waals surface area contributed by atoms with Gasteiger partial charge in [0.25, 0.3) is 5.56 Å². The van der Waals surface area contributed by atoms with Crippen molar-refractivity contribution < 1.29 is 4.74 Å². The molecule has 1 atom stereocenters. The molecule has 25 heavy (non-hydrogen) atoms. The van der Waals surface area contributed by atoms with Crippen molar-refractivity contribution in [3.63, 3.8) is 0 Å². The predicted octanol–water partition coefficient (Wildman–Crippen LogP) is 1.17. The van der Waals surface area contributed by atoms with Crippen molar-refractivity contribution in [3.8, 4) is 0 Å². The summed E-state index contributed by atoms with van der Waals surface area (Å²) in [5.41, 5.74) is 0.563. The average molecular weight is 367 g/mol. The Balaban J connectivity index is 1.58. The number of nitrogens with one attached hydrogen (secondary N) is 2. The topological polar surface area (TPSA) is 88.1 Å². The van der Waals surface area contributed by atoms with E-state index >= 15 is 0 Å². The van der Waals surface area contributed by atoms with Crippen LogP contribution in [0.3, 0.4) is 0 Å². The zero-order valence-electron chi connectivity index (χ0n) is 14.2. The van der Waals surface area contributed by atoms with Gasteiger partial charge in [0.15, 0.2) is 0 Å².